The van der Waals surface area contributed by atoms with E-state index in [0.717, 1.165) is 61.2 Å². The molecule has 244 valence electrons. The van der Waals surface area contributed by atoms with E-state index in [4.69, 9.17) is 9.47 Å². The standard InChI is InChI=1S/C39H70O3/c1-7-8-9-10-11-12-13-14-15-27-41-37(40)42-32-23-25-38(5)31(28-32)19-20-33-35-22-21-34(30(4)18-16-17-29(2)3)39(35,6)26-24-36(33)38/h29-36H,7-28H2,1-6H3/t30-,31+,32+,33+,34-,35+,36+,38+,39-/m1/s1. The zero-order valence-corrected chi connectivity index (χ0v) is 28.9. The second-order valence-corrected chi connectivity index (χ2v) is 16.6. The summed E-state index contributed by atoms with van der Waals surface area (Å²) in [6.45, 7) is 15.5. The van der Waals surface area contributed by atoms with Gasteiger partial charge in [-0.2, -0.15) is 0 Å². The molecular weight excluding hydrogens is 516 g/mol. The SMILES string of the molecule is CCCCCCCCCCCOC(=O)O[C@H]1CC[C@@]2(C)[C@@H](CC[C@@H]3[C@@H]2CC[C@]2(C)[C@@H]([C@H](C)CCCC(C)C)CC[C@@H]32)C1. The van der Waals surface area contributed by atoms with Gasteiger partial charge < -0.3 is 9.47 Å². The number of carbonyl (C=O) groups excluding carboxylic acids is 1. The van der Waals surface area contributed by atoms with Gasteiger partial charge in [-0.15, -0.1) is 0 Å². The molecular formula is C39H70O3. The lowest BCUT2D eigenvalue weighted by atomic mass is 9.44. The first-order valence-electron chi connectivity index (χ1n) is 19.0. The highest BCUT2D eigenvalue weighted by Gasteiger charge is 2.60. The highest BCUT2D eigenvalue weighted by Crippen LogP contribution is 2.68. The third-order valence-corrected chi connectivity index (χ3v) is 13.5. The summed E-state index contributed by atoms with van der Waals surface area (Å²) in [6.07, 6.45) is 27.3. The first-order chi connectivity index (χ1) is 20.2. The molecule has 0 saturated heterocycles. The van der Waals surface area contributed by atoms with Gasteiger partial charge >= 0.3 is 6.16 Å². The summed E-state index contributed by atoms with van der Waals surface area (Å²) in [5.74, 6) is 6.11. The molecule has 0 aromatic carbocycles. The predicted molar refractivity (Wildman–Crippen MR) is 177 cm³/mol. The van der Waals surface area contributed by atoms with Gasteiger partial charge in [0.25, 0.3) is 0 Å². The van der Waals surface area contributed by atoms with Crippen LogP contribution in [0.25, 0.3) is 0 Å². The summed E-state index contributed by atoms with van der Waals surface area (Å²) < 4.78 is 11.4. The van der Waals surface area contributed by atoms with Crippen molar-refractivity contribution in [2.75, 3.05) is 6.61 Å². The first-order valence-corrected chi connectivity index (χ1v) is 19.0. The molecule has 4 saturated carbocycles. The lowest BCUT2D eigenvalue weighted by Crippen LogP contribution is -2.54. The van der Waals surface area contributed by atoms with E-state index in [0.29, 0.717) is 23.4 Å². The number of carbonyl (C=O) groups is 1. The van der Waals surface area contributed by atoms with E-state index in [1.54, 1.807) is 0 Å². The van der Waals surface area contributed by atoms with Gasteiger partial charge in [0, 0.05) is 0 Å². The molecule has 0 aliphatic heterocycles. The number of ether oxygens (including phenoxy) is 2. The molecule has 4 rings (SSSR count). The fourth-order valence-corrected chi connectivity index (χ4v) is 11.1. The molecule has 0 aromatic rings. The minimum Gasteiger partial charge on any atom is -0.434 e. The molecule has 4 aliphatic rings. The molecule has 0 spiro atoms. The highest BCUT2D eigenvalue weighted by molar-refractivity contribution is 5.60. The maximum atomic E-state index is 12.5. The van der Waals surface area contributed by atoms with Gasteiger partial charge in [0.15, 0.2) is 0 Å². The lowest BCUT2D eigenvalue weighted by molar-refractivity contribution is -0.132. The van der Waals surface area contributed by atoms with Crippen molar-refractivity contribution in [2.45, 2.75) is 182 Å². The molecule has 3 heteroatoms. The summed E-state index contributed by atoms with van der Waals surface area (Å²) >= 11 is 0. The van der Waals surface area contributed by atoms with E-state index in [1.165, 1.54) is 109 Å². The average molecular weight is 587 g/mol. The van der Waals surface area contributed by atoms with Crippen LogP contribution in [0, 0.1) is 52.3 Å². The minimum absolute atomic E-state index is 0.0617. The summed E-state index contributed by atoms with van der Waals surface area (Å²) in [5, 5.41) is 0. The molecule has 0 heterocycles. The Morgan fingerprint density at radius 3 is 2.12 bits per heavy atom. The summed E-state index contributed by atoms with van der Waals surface area (Å²) in [7, 11) is 0. The van der Waals surface area contributed by atoms with Crippen molar-refractivity contribution in [3.63, 3.8) is 0 Å². The summed E-state index contributed by atoms with van der Waals surface area (Å²) in [6, 6.07) is 0. The predicted octanol–water partition coefficient (Wildman–Crippen LogP) is 12.2. The second-order valence-electron chi connectivity index (χ2n) is 16.6. The van der Waals surface area contributed by atoms with E-state index < -0.39 is 6.16 Å². The molecule has 0 amide bonds. The fourth-order valence-electron chi connectivity index (χ4n) is 11.1. The van der Waals surface area contributed by atoms with E-state index in [-0.39, 0.29) is 6.10 Å². The van der Waals surface area contributed by atoms with Gasteiger partial charge in [0.2, 0.25) is 0 Å². The molecule has 4 aliphatic carbocycles. The number of unbranched alkanes of at least 4 members (excludes halogenated alkanes) is 8. The van der Waals surface area contributed by atoms with Crippen LogP contribution in [-0.2, 0) is 9.47 Å². The van der Waals surface area contributed by atoms with Crippen LogP contribution in [0.1, 0.15) is 176 Å². The Kier molecular flexibility index (Phi) is 13.0. The zero-order chi connectivity index (χ0) is 30.2. The van der Waals surface area contributed by atoms with Crippen molar-refractivity contribution >= 4 is 6.16 Å². The van der Waals surface area contributed by atoms with Gasteiger partial charge in [-0.05, 0) is 116 Å². The molecule has 0 aromatic heterocycles. The fraction of sp³-hybridized carbons (Fsp3) is 0.974. The molecule has 9 atom stereocenters. The number of hydrogen-bond acceptors (Lipinski definition) is 3. The van der Waals surface area contributed by atoms with Crippen molar-refractivity contribution in [1.29, 1.82) is 0 Å². The van der Waals surface area contributed by atoms with E-state index >= 15 is 0 Å². The van der Waals surface area contributed by atoms with E-state index in [9.17, 15) is 4.79 Å². The van der Waals surface area contributed by atoms with Gasteiger partial charge in [-0.25, -0.2) is 4.79 Å². The quantitative estimate of drug-likeness (QED) is 0.133. The Morgan fingerprint density at radius 2 is 1.40 bits per heavy atom. The van der Waals surface area contributed by atoms with Gasteiger partial charge in [-0.1, -0.05) is 112 Å². The van der Waals surface area contributed by atoms with Crippen LogP contribution in [0.5, 0.6) is 0 Å². The van der Waals surface area contributed by atoms with Crippen molar-refractivity contribution in [2.24, 2.45) is 52.3 Å². The number of fused-ring (bicyclic) bond motifs is 5. The van der Waals surface area contributed by atoms with Crippen LogP contribution < -0.4 is 0 Å². The Morgan fingerprint density at radius 1 is 0.738 bits per heavy atom. The van der Waals surface area contributed by atoms with Crippen LogP contribution in [0.3, 0.4) is 0 Å². The van der Waals surface area contributed by atoms with E-state index in [1.807, 2.05) is 0 Å². The largest absolute Gasteiger partial charge is 0.508 e. The maximum absolute atomic E-state index is 12.5. The van der Waals surface area contributed by atoms with Crippen molar-refractivity contribution < 1.29 is 14.3 Å². The lowest BCUT2D eigenvalue weighted by Gasteiger charge is -2.61. The average Bonchev–Trinajstić information content (AvgIpc) is 3.31. The third-order valence-electron chi connectivity index (χ3n) is 13.5. The Hall–Kier alpha value is -0.730. The maximum Gasteiger partial charge on any atom is 0.508 e. The Labute approximate surface area is 261 Å². The Balaban J connectivity index is 1.19. The second kappa shape index (κ2) is 16.0. The normalized spacial score (nSPS) is 36.6. The van der Waals surface area contributed by atoms with Crippen molar-refractivity contribution in [1.82, 2.24) is 0 Å². The molecule has 3 nitrogen and oxygen atoms in total. The van der Waals surface area contributed by atoms with Crippen LogP contribution in [0.15, 0.2) is 0 Å². The highest BCUT2D eigenvalue weighted by atomic mass is 16.7. The number of hydrogen-bond donors (Lipinski definition) is 0. The van der Waals surface area contributed by atoms with Crippen LogP contribution >= 0.6 is 0 Å². The molecule has 0 bridgehead atoms. The van der Waals surface area contributed by atoms with Crippen LogP contribution in [-0.4, -0.2) is 18.9 Å². The number of rotatable bonds is 16. The van der Waals surface area contributed by atoms with E-state index in [2.05, 4.69) is 41.5 Å². The minimum atomic E-state index is -0.412. The monoisotopic (exact) mass is 587 g/mol. The molecule has 0 unspecified atom stereocenters. The van der Waals surface area contributed by atoms with Gasteiger partial charge in [0.1, 0.15) is 6.10 Å². The molecule has 0 radical (unpaired) electrons. The van der Waals surface area contributed by atoms with Crippen LogP contribution in [0.4, 0.5) is 4.79 Å². The van der Waals surface area contributed by atoms with Gasteiger partial charge in [0.05, 0.1) is 6.61 Å². The topological polar surface area (TPSA) is 35.5 Å². The van der Waals surface area contributed by atoms with Gasteiger partial charge in [-0.3, -0.25) is 0 Å². The molecule has 42 heavy (non-hydrogen) atoms. The van der Waals surface area contributed by atoms with Crippen molar-refractivity contribution in [3.05, 3.63) is 0 Å². The van der Waals surface area contributed by atoms with Crippen molar-refractivity contribution in [3.8, 4) is 0 Å². The zero-order valence-electron chi connectivity index (χ0n) is 28.9. The molecule has 0 N–H and O–H groups in total. The van der Waals surface area contributed by atoms with Crippen LogP contribution in [0.2, 0.25) is 0 Å². The summed E-state index contributed by atoms with van der Waals surface area (Å²) in [5.41, 5.74) is 1.01. The summed E-state index contributed by atoms with van der Waals surface area (Å²) in [4.78, 5) is 12.5. The Bertz CT molecular complexity index is 807. The first kappa shape index (κ1) is 34.1. The smallest absolute Gasteiger partial charge is 0.434 e. The third kappa shape index (κ3) is 8.29. The molecule has 4 fully saturated rings.